The maximum atomic E-state index is 12.0. The van der Waals surface area contributed by atoms with Crippen molar-refractivity contribution in [1.82, 2.24) is 0 Å². The summed E-state index contributed by atoms with van der Waals surface area (Å²) in [6, 6.07) is 0. The molecule has 0 atom stereocenters. The first-order valence-corrected chi connectivity index (χ1v) is 4.94. The average molecular weight is 360 g/mol. The molecule has 0 aromatic rings. The Labute approximate surface area is 114 Å². The summed E-state index contributed by atoms with van der Waals surface area (Å²) in [7, 11) is -3.10. The fraction of sp³-hybridized carbons (Fsp3) is 1.00. The predicted molar refractivity (Wildman–Crippen MR) is 45.6 cm³/mol. The van der Waals surface area contributed by atoms with Crippen LogP contribution in [-0.4, -0.2) is 44.0 Å². The molecule has 0 saturated heterocycles. The van der Waals surface area contributed by atoms with Crippen molar-refractivity contribution in [3.8, 4) is 0 Å². The molecule has 15 heteroatoms. The van der Waals surface area contributed by atoms with Crippen LogP contribution in [0.15, 0.2) is 0 Å². The van der Waals surface area contributed by atoms with Gasteiger partial charge >= 0.3 is 31.8 Å². The molecule has 0 aliphatic heterocycles. The van der Waals surface area contributed by atoms with Crippen LogP contribution in [0.25, 0.3) is 0 Å². The zero-order valence-electron chi connectivity index (χ0n) is 10.1. The molecule has 0 spiro atoms. The van der Waals surface area contributed by atoms with Gasteiger partial charge in [0.25, 0.3) is 0 Å². The first kappa shape index (κ1) is 21.1. The van der Waals surface area contributed by atoms with Crippen LogP contribution in [0.2, 0.25) is 6.82 Å². The van der Waals surface area contributed by atoms with Crippen molar-refractivity contribution >= 4 is 7.12 Å². The van der Waals surface area contributed by atoms with Gasteiger partial charge < -0.3 is 9.31 Å². The highest BCUT2D eigenvalue weighted by atomic mass is 19.4. The maximum absolute atomic E-state index is 12.0. The second-order valence-electron chi connectivity index (χ2n) is 3.77. The summed E-state index contributed by atoms with van der Waals surface area (Å²) in [5, 5.41) is 0. The number of hydrogen-bond donors (Lipinski definition) is 0. The first-order valence-electron chi connectivity index (χ1n) is 4.94. The van der Waals surface area contributed by atoms with Gasteiger partial charge in [-0.25, -0.2) is 0 Å². The fourth-order valence-electron chi connectivity index (χ4n) is 1.10. The molecular weight excluding hydrogens is 355 g/mol. The molecule has 2 nitrogen and oxygen atoms in total. The Hall–Kier alpha value is -0.855. The van der Waals surface area contributed by atoms with E-state index in [2.05, 4.69) is 9.31 Å². The van der Waals surface area contributed by atoms with Crippen molar-refractivity contribution in [1.29, 1.82) is 0 Å². The average Bonchev–Trinajstić information content (AvgIpc) is 2.15. The molecular formula is C7H5BF12O2. The Morgan fingerprint density at radius 3 is 0.864 bits per heavy atom. The minimum atomic E-state index is -6.11. The standard InChI is InChI=1S/C7H5BF12O2/c1-8(21-2(4(9,10)11)5(12,13)14)22-3(6(15,16)17)7(18,19)20/h2-3H,1H3. The van der Waals surface area contributed by atoms with E-state index < -0.39 is 44.0 Å². The van der Waals surface area contributed by atoms with Crippen LogP contribution in [-0.2, 0) is 9.31 Å². The van der Waals surface area contributed by atoms with E-state index in [1.54, 1.807) is 0 Å². The normalized spacial score (nSPS) is 14.9. The van der Waals surface area contributed by atoms with Gasteiger partial charge in [-0.05, 0) is 6.82 Å². The molecule has 0 N–H and O–H groups in total. The minimum absolute atomic E-state index is 0.0367. The molecule has 0 radical (unpaired) electrons. The smallest absolute Gasteiger partial charge is 0.393 e. The topological polar surface area (TPSA) is 18.5 Å². The van der Waals surface area contributed by atoms with Gasteiger partial charge in [0, 0.05) is 0 Å². The van der Waals surface area contributed by atoms with Crippen molar-refractivity contribution < 1.29 is 62.0 Å². The van der Waals surface area contributed by atoms with Crippen LogP contribution in [0, 0.1) is 0 Å². The zero-order valence-corrected chi connectivity index (χ0v) is 10.1. The maximum Gasteiger partial charge on any atom is 0.454 e. The number of halogens is 12. The summed E-state index contributed by atoms with van der Waals surface area (Å²) in [4.78, 5) is 0. The Bertz CT molecular complexity index is 292. The van der Waals surface area contributed by atoms with Crippen molar-refractivity contribution in [2.24, 2.45) is 0 Å². The van der Waals surface area contributed by atoms with E-state index in [-0.39, 0.29) is 6.82 Å². The minimum Gasteiger partial charge on any atom is -0.393 e. The molecule has 0 aromatic carbocycles. The Morgan fingerprint density at radius 1 is 0.545 bits per heavy atom. The Kier molecular flexibility index (Phi) is 6.09. The highest BCUT2D eigenvalue weighted by Crippen LogP contribution is 2.39. The Balaban J connectivity index is 5.15. The molecule has 0 saturated carbocycles. The molecule has 0 heterocycles. The Morgan fingerprint density at radius 2 is 0.727 bits per heavy atom. The van der Waals surface area contributed by atoms with Crippen LogP contribution in [0.1, 0.15) is 0 Å². The number of hydrogen-bond acceptors (Lipinski definition) is 2. The van der Waals surface area contributed by atoms with E-state index in [4.69, 9.17) is 0 Å². The number of rotatable bonds is 4. The van der Waals surface area contributed by atoms with E-state index in [9.17, 15) is 52.7 Å². The van der Waals surface area contributed by atoms with Crippen molar-refractivity contribution in [2.75, 3.05) is 0 Å². The van der Waals surface area contributed by atoms with Gasteiger partial charge in [0.15, 0.2) is 0 Å². The third-order valence-corrected chi connectivity index (χ3v) is 1.84. The van der Waals surface area contributed by atoms with Gasteiger partial charge in [-0.15, -0.1) is 0 Å². The van der Waals surface area contributed by atoms with E-state index in [0.717, 1.165) is 0 Å². The highest BCUT2D eigenvalue weighted by molar-refractivity contribution is 6.42. The van der Waals surface area contributed by atoms with Gasteiger partial charge in [0.05, 0.1) is 0 Å². The van der Waals surface area contributed by atoms with Crippen molar-refractivity contribution in [2.45, 2.75) is 43.7 Å². The molecule has 132 valence electrons. The second kappa shape index (κ2) is 6.33. The van der Waals surface area contributed by atoms with Crippen molar-refractivity contribution in [3.05, 3.63) is 0 Å². The first-order chi connectivity index (χ1) is 9.37. The van der Waals surface area contributed by atoms with Gasteiger partial charge in [0.2, 0.25) is 12.2 Å². The third-order valence-electron chi connectivity index (χ3n) is 1.84. The second-order valence-corrected chi connectivity index (χ2v) is 3.77. The fourth-order valence-corrected chi connectivity index (χ4v) is 1.10. The molecule has 0 aromatic heterocycles. The summed E-state index contributed by atoms with van der Waals surface area (Å²) in [5.74, 6) is 0. The van der Waals surface area contributed by atoms with E-state index in [1.165, 1.54) is 0 Å². The van der Waals surface area contributed by atoms with Gasteiger partial charge in [-0.1, -0.05) is 0 Å². The molecule has 0 bridgehead atoms. The van der Waals surface area contributed by atoms with Crippen LogP contribution >= 0.6 is 0 Å². The van der Waals surface area contributed by atoms with Gasteiger partial charge in [-0.2, -0.15) is 52.7 Å². The summed E-state index contributed by atoms with van der Waals surface area (Å²) in [5.41, 5.74) is 0. The van der Waals surface area contributed by atoms with Crippen LogP contribution < -0.4 is 0 Å². The lowest BCUT2D eigenvalue weighted by molar-refractivity contribution is -0.317. The third kappa shape index (κ3) is 6.50. The SMILES string of the molecule is CB(OC(C(F)(F)F)C(F)(F)F)OC(C(F)(F)F)C(F)(F)F. The predicted octanol–water partition coefficient (Wildman–Crippen LogP) is 4.12. The summed E-state index contributed by atoms with van der Waals surface area (Å²) >= 11 is 0. The summed E-state index contributed by atoms with van der Waals surface area (Å²) < 4.78 is 151. The summed E-state index contributed by atoms with van der Waals surface area (Å²) in [6.07, 6.45) is -33.6. The van der Waals surface area contributed by atoms with Crippen LogP contribution in [0.5, 0.6) is 0 Å². The highest BCUT2D eigenvalue weighted by Gasteiger charge is 2.61. The lowest BCUT2D eigenvalue weighted by atomic mass is 9.93. The molecule has 0 amide bonds. The molecule has 0 fully saturated rings. The molecule has 22 heavy (non-hydrogen) atoms. The van der Waals surface area contributed by atoms with Gasteiger partial charge in [-0.3, -0.25) is 0 Å². The lowest BCUT2D eigenvalue weighted by Gasteiger charge is -2.29. The molecule has 0 rings (SSSR count). The molecule has 0 unspecified atom stereocenters. The monoisotopic (exact) mass is 360 g/mol. The van der Waals surface area contributed by atoms with E-state index >= 15 is 0 Å². The molecule has 0 aliphatic carbocycles. The van der Waals surface area contributed by atoms with E-state index in [0.29, 0.717) is 0 Å². The lowest BCUT2D eigenvalue weighted by Crippen LogP contribution is -2.51. The van der Waals surface area contributed by atoms with E-state index in [1.807, 2.05) is 0 Å². The zero-order chi connectivity index (χ0) is 18.1. The van der Waals surface area contributed by atoms with Gasteiger partial charge in [0.1, 0.15) is 0 Å². The van der Waals surface area contributed by atoms with Crippen LogP contribution in [0.3, 0.4) is 0 Å². The largest absolute Gasteiger partial charge is 0.454 e. The van der Waals surface area contributed by atoms with Crippen molar-refractivity contribution in [3.63, 3.8) is 0 Å². The number of alkyl halides is 12. The summed E-state index contributed by atoms with van der Waals surface area (Å²) in [6.45, 7) is 0.0367. The quantitative estimate of drug-likeness (QED) is 0.555. The van der Waals surface area contributed by atoms with Crippen LogP contribution in [0.4, 0.5) is 52.7 Å². The molecule has 0 aliphatic rings.